The van der Waals surface area contributed by atoms with E-state index in [2.05, 4.69) is 12.0 Å². The molecule has 0 radical (unpaired) electrons. The second kappa shape index (κ2) is 20.0. The summed E-state index contributed by atoms with van der Waals surface area (Å²) in [6, 6.07) is -1.17. The number of allylic oxidation sites excluding steroid dienone is 1. The van der Waals surface area contributed by atoms with Crippen LogP contribution in [0.4, 0.5) is 0 Å². The van der Waals surface area contributed by atoms with Crippen molar-refractivity contribution in [1.29, 1.82) is 0 Å². The van der Waals surface area contributed by atoms with Gasteiger partial charge in [-0.1, -0.05) is 95.5 Å². The van der Waals surface area contributed by atoms with E-state index in [0.29, 0.717) is 0 Å². The van der Waals surface area contributed by atoms with E-state index in [4.69, 9.17) is 10.2 Å². The number of hydrogen-bond acceptors (Lipinski definition) is 3. The lowest BCUT2D eigenvalue weighted by molar-refractivity contribution is -0.139. The lowest BCUT2D eigenvalue weighted by Gasteiger charge is -2.02. The molecule has 158 valence electrons. The molecule has 0 spiro atoms. The number of carboxylic acid groups (broad SMARTS) is 1. The fraction of sp³-hybridized carbons (Fsp3) is 0.857. The molecule has 0 aliphatic carbocycles. The molecule has 0 fully saturated rings. The number of carbonyl (C=O) groups is 1. The van der Waals surface area contributed by atoms with E-state index in [9.17, 15) is 9.36 Å². The smallest absolute Gasteiger partial charge is 0.464 e. The van der Waals surface area contributed by atoms with Gasteiger partial charge in [-0.3, -0.25) is 4.79 Å². The molecule has 3 N–H and O–H groups in total. The molecule has 0 saturated heterocycles. The van der Waals surface area contributed by atoms with E-state index in [0.717, 1.165) is 12.8 Å². The molecule has 0 aliphatic heterocycles. The highest BCUT2D eigenvalue weighted by molar-refractivity contribution is 7.46. The fourth-order valence-corrected chi connectivity index (χ4v) is 3.92. The molecule has 0 aromatic rings. The monoisotopic (exact) mass is 402 g/mol. The maximum atomic E-state index is 11.6. The van der Waals surface area contributed by atoms with Gasteiger partial charge in [0, 0.05) is 0 Å². The van der Waals surface area contributed by atoms with Crippen LogP contribution in [0.1, 0.15) is 103 Å². The van der Waals surface area contributed by atoms with Gasteiger partial charge in [0.25, 0.3) is 0 Å². The Morgan fingerprint density at radius 2 is 1.33 bits per heavy atom. The second-order valence-corrected chi connectivity index (χ2v) is 8.51. The van der Waals surface area contributed by atoms with Gasteiger partial charge >= 0.3 is 13.9 Å². The van der Waals surface area contributed by atoms with Gasteiger partial charge in [-0.25, -0.2) is 0 Å². The molecule has 5 nitrogen and oxygen atoms in total. The molecule has 0 aliphatic rings. The highest BCUT2D eigenvalue weighted by Crippen LogP contribution is 2.19. The molecular weight excluding hydrogens is 361 g/mol. The predicted octanol–water partition coefficient (Wildman–Crippen LogP) is 6.15. The van der Waals surface area contributed by atoms with Crippen molar-refractivity contribution in [1.82, 2.24) is 5.09 Å². The van der Waals surface area contributed by atoms with Crippen molar-refractivity contribution in [2.45, 2.75) is 109 Å². The number of nitrogens with one attached hydrogen (secondary N) is 1. The minimum atomic E-state index is -1.92. The van der Waals surface area contributed by atoms with E-state index in [-0.39, 0.29) is 0 Å². The van der Waals surface area contributed by atoms with Crippen LogP contribution in [-0.2, 0) is 9.36 Å². The zero-order valence-electron chi connectivity index (χ0n) is 17.2. The largest absolute Gasteiger partial charge is 0.480 e. The molecule has 0 aromatic heterocycles. The van der Waals surface area contributed by atoms with Crippen molar-refractivity contribution >= 4 is 13.9 Å². The van der Waals surface area contributed by atoms with Crippen molar-refractivity contribution in [2.24, 2.45) is 0 Å². The first kappa shape index (κ1) is 26.2. The Bertz CT molecular complexity index is 402. The molecule has 0 rings (SSSR count). The number of aliphatic carboxylic acids is 1. The number of aliphatic hydroxyl groups is 1. The van der Waals surface area contributed by atoms with Crippen LogP contribution in [-0.4, -0.2) is 28.8 Å². The first-order valence-corrected chi connectivity index (χ1v) is 12.2. The Morgan fingerprint density at radius 1 is 0.889 bits per heavy atom. The molecule has 6 heteroatoms. The highest BCUT2D eigenvalue weighted by atomic mass is 31.1. The van der Waals surface area contributed by atoms with Gasteiger partial charge in [0.15, 0.2) is 11.9 Å². The second-order valence-electron chi connectivity index (χ2n) is 7.30. The fourth-order valence-electron chi connectivity index (χ4n) is 3.00. The average Bonchev–Trinajstić information content (AvgIpc) is 2.65. The van der Waals surface area contributed by atoms with Crippen LogP contribution < -0.4 is 5.09 Å². The molecule has 0 amide bonds. The summed E-state index contributed by atoms with van der Waals surface area (Å²) in [6.45, 7) is 1.69. The Balaban J connectivity index is 3.35. The number of rotatable bonds is 20. The summed E-state index contributed by atoms with van der Waals surface area (Å²) in [5.41, 5.74) is 0. The van der Waals surface area contributed by atoms with E-state index >= 15 is 0 Å². The quantitative estimate of drug-likeness (QED) is 0.168. The summed E-state index contributed by atoms with van der Waals surface area (Å²) in [7, 11) is -1.92. The average molecular weight is 403 g/mol. The molecule has 2 atom stereocenters. The molecule has 0 heterocycles. The summed E-state index contributed by atoms with van der Waals surface area (Å²) < 4.78 is 11.6. The van der Waals surface area contributed by atoms with E-state index in [1.807, 2.05) is 6.08 Å². The van der Waals surface area contributed by atoms with Crippen molar-refractivity contribution in [2.75, 3.05) is 6.61 Å². The van der Waals surface area contributed by atoms with Crippen molar-refractivity contribution in [3.63, 3.8) is 0 Å². The van der Waals surface area contributed by atoms with Gasteiger partial charge in [0.05, 0.1) is 6.61 Å². The summed E-state index contributed by atoms with van der Waals surface area (Å²) in [6.07, 6.45) is 21.3. The first-order valence-electron chi connectivity index (χ1n) is 10.8. The maximum absolute atomic E-state index is 11.6. The molecule has 0 aromatic carbocycles. The van der Waals surface area contributed by atoms with Crippen molar-refractivity contribution < 1.29 is 19.6 Å². The number of aliphatic hydroxyl groups excluding tert-OH is 1. The van der Waals surface area contributed by atoms with Crippen LogP contribution in [0.15, 0.2) is 11.9 Å². The lowest BCUT2D eigenvalue weighted by atomic mass is 10.0. The maximum Gasteiger partial charge on any atom is 0.464 e. The van der Waals surface area contributed by atoms with Crippen LogP contribution >= 0.6 is 7.95 Å². The predicted molar refractivity (Wildman–Crippen MR) is 113 cm³/mol. The summed E-state index contributed by atoms with van der Waals surface area (Å²) in [5.74, 6) is 0.310. The van der Waals surface area contributed by atoms with Gasteiger partial charge in [0.2, 0.25) is 0 Å². The highest BCUT2D eigenvalue weighted by Gasteiger charge is 2.24. The topological polar surface area (TPSA) is 86.6 Å². The zero-order valence-corrected chi connectivity index (χ0v) is 18.1. The minimum absolute atomic E-state index is 0.566. The van der Waals surface area contributed by atoms with Gasteiger partial charge in [-0.15, -0.1) is 0 Å². The number of carboxylic acids is 1. The van der Waals surface area contributed by atoms with Gasteiger partial charge in [-0.05, 0) is 23.5 Å². The molecule has 2 unspecified atom stereocenters. The Kier molecular flexibility index (Phi) is 19.4. The van der Waals surface area contributed by atoms with Crippen molar-refractivity contribution in [3.8, 4) is 0 Å². The van der Waals surface area contributed by atoms with Crippen LogP contribution in [0.3, 0.4) is 0 Å². The Labute approximate surface area is 166 Å². The molecule has 0 saturated carbocycles. The third-order valence-electron chi connectivity index (χ3n) is 4.73. The molecular formula is C21H41NO4P+. The third-order valence-corrected chi connectivity index (χ3v) is 5.78. The van der Waals surface area contributed by atoms with Crippen molar-refractivity contribution in [3.05, 3.63) is 11.9 Å². The standard InChI is InChI=1S/C21H40NO4P/c1-2-3-4-5-6-7-8-9-10-11-12-13-14-15-16-17-18-27(26)22-20(19-23)21(24)25/h17-18,20,23H,2-16,19H2,1H3,(H-,22,24,25,26)/p+1. The summed E-state index contributed by atoms with van der Waals surface area (Å²) in [4.78, 5) is 10.7. The minimum Gasteiger partial charge on any atom is -0.480 e. The first-order chi connectivity index (χ1) is 13.1. The van der Waals surface area contributed by atoms with E-state index in [1.54, 1.807) is 0 Å². The number of unbranched alkanes of at least 4 members (excludes halogenated alkanes) is 14. The Morgan fingerprint density at radius 3 is 1.74 bits per heavy atom. The number of hydrogen-bond donors (Lipinski definition) is 3. The van der Waals surface area contributed by atoms with E-state index in [1.165, 1.54) is 89.3 Å². The van der Waals surface area contributed by atoms with Crippen LogP contribution in [0.25, 0.3) is 0 Å². The summed E-state index contributed by atoms with van der Waals surface area (Å²) in [5, 5.41) is 20.0. The Hall–Kier alpha value is -0.770. The van der Waals surface area contributed by atoms with Gasteiger partial charge < -0.3 is 10.2 Å². The molecule has 27 heavy (non-hydrogen) atoms. The summed E-state index contributed by atoms with van der Waals surface area (Å²) >= 11 is 0. The van der Waals surface area contributed by atoms with Gasteiger partial charge in [-0.2, -0.15) is 0 Å². The van der Waals surface area contributed by atoms with Crippen LogP contribution in [0.5, 0.6) is 0 Å². The van der Waals surface area contributed by atoms with Crippen LogP contribution in [0, 0.1) is 0 Å². The normalized spacial score (nSPS) is 13.2. The van der Waals surface area contributed by atoms with Gasteiger partial charge in [0.1, 0.15) is 0 Å². The third kappa shape index (κ3) is 18.4. The lowest BCUT2D eigenvalue weighted by Crippen LogP contribution is -2.35. The zero-order chi connectivity index (χ0) is 20.2. The van der Waals surface area contributed by atoms with Crippen LogP contribution in [0.2, 0.25) is 0 Å². The van der Waals surface area contributed by atoms with E-state index < -0.39 is 26.6 Å². The SMILES string of the molecule is CCCCCCCCCCCCCCCCC=C[P+](=O)NC(CO)C(=O)O. The molecule has 0 bridgehead atoms.